The Morgan fingerprint density at radius 1 is 1.30 bits per heavy atom. The minimum absolute atomic E-state index is 0.297. The Labute approximate surface area is 122 Å². The maximum absolute atomic E-state index is 9.48. The van der Waals surface area contributed by atoms with E-state index in [0.717, 1.165) is 11.3 Å². The number of benzene rings is 1. The van der Waals surface area contributed by atoms with E-state index in [0.29, 0.717) is 23.3 Å². The lowest BCUT2D eigenvalue weighted by Gasteiger charge is -2.11. The van der Waals surface area contributed by atoms with Gasteiger partial charge in [0.2, 0.25) is 5.88 Å². The molecular weight excluding hydrogens is 278 g/mol. The van der Waals surface area contributed by atoms with Crippen molar-refractivity contribution in [3.63, 3.8) is 0 Å². The Balaban J connectivity index is 2.07. The molecule has 106 valence electrons. The Kier molecular flexibility index (Phi) is 4.82. The Morgan fingerprint density at radius 3 is 2.75 bits per heavy atom. The third-order valence-electron chi connectivity index (χ3n) is 2.80. The maximum Gasteiger partial charge on any atom is 0.213 e. The van der Waals surface area contributed by atoms with E-state index in [-0.39, 0.29) is 0 Å². The molecule has 0 aliphatic heterocycles. The topological polar surface area (TPSA) is 51.6 Å². The predicted molar refractivity (Wildman–Crippen MR) is 77.2 cm³/mol. The van der Waals surface area contributed by atoms with Crippen LogP contribution >= 0.6 is 11.6 Å². The van der Waals surface area contributed by atoms with Crippen LogP contribution in [0.2, 0.25) is 5.02 Å². The summed E-state index contributed by atoms with van der Waals surface area (Å²) >= 11 is 6.12. The van der Waals surface area contributed by atoms with Crippen molar-refractivity contribution in [3.05, 3.63) is 52.7 Å². The number of pyridine rings is 1. The zero-order valence-electron chi connectivity index (χ0n) is 11.3. The van der Waals surface area contributed by atoms with Gasteiger partial charge in [0, 0.05) is 6.07 Å². The van der Waals surface area contributed by atoms with E-state index >= 15 is 0 Å². The normalized spacial score (nSPS) is 12.0. The van der Waals surface area contributed by atoms with E-state index in [2.05, 4.69) is 4.98 Å². The van der Waals surface area contributed by atoms with Crippen LogP contribution in [-0.4, -0.2) is 17.2 Å². The van der Waals surface area contributed by atoms with Gasteiger partial charge in [0.05, 0.1) is 23.9 Å². The summed E-state index contributed by atoms with van der Waals surface area (Å²) in [5.74, 6) is 1.10. The molecular formula is C15H16ClNO3. The zero-order valence-corrected chi connectivity index (χ0v) is 12.1. The van der Waals surface area contributed by atoms with Gasteiger partial charge in [-0.15, -0.1) is 0 Å². The van der Waals surface area contributed by atoms with Crippen molar-refractivity contribution >= 4 is 11.6 Å². The molecule has 1 aromatic heterocycles. The predicted octanol–water partition coefficient (Wildman–Crippen LogP) is 3.38. The van der Waals surface area contributed by atoms with E-state index in [1.165, 1.54) is 0 Å². The van der Waals surface area contributed by atoms with Gasteiger partial charge in [-0.25, -0.2) is 4.98 Å². The first-order valence-electron chi connectivity index (χ1n) is 6.20. The fourth-order valence-electron chi connectivity index (χ4n) is 1.70. The lowest BCUT2D eigenvalue weighted by molar-refractivity contribution is 0.199. The molecule has 1 N–H and O–H groups in total. The number of aromatic nitrogens is 1. The Bertz CT molecular complexity index is 587. The molecule has 0 saturated heterocycles. The van der Waals surface area contributed by atoms with E-state index in [1.54, 1.807) is 38.3 Å². The van der Waals surface area contributed by atoms with Crippen molar-refractivity contribution in [1.82, 2.24) is 4.98 Å². The summed E-state index contributed by atoms with van der Waals surface area (Å²) in [6.07, 6.45) is -0.554. The molecule has 0 aliphatic rings. The molecule has 0 unspecified atom stereocenters. The molecule has 0 spiro atoms. The summed E-state index contributed by atoms with van der Waals surface area (Å²) in [6, 6.07) is 10.7. The molecule has 0 aliphatic carbocycles. The standard InChI is InChI=1S/C15H16ClNO3/c1-10(18)11-6-7-14(13(16)8-11)20-9-12-4-3-5-15(17-12)19-2/h3-8,10,18H,9H2,1-2H3/t10-/m1/s1. The van der Waals surface area contributed by atoms with Crippen molar-refractivity contribution in [2.24, 2.45) is 0 Å². The molecule has 0 fully saturated rings. The molecule has 20 heavy (non-hydrogen) atoms. The third-order valence-corrected chi connectivity index (χ3v) is 3.10. The number of hydrogen-bond donors (Lipinski definition) is 1. The summed E-state index contributed by atoms with van der Waals surface area (Å²) in [5, 5.41) is 9.95. The lowest BCUT2D eigenvalue weighted by Crippen LogP contribution is -2.00. The minimum Gasteiger partial charge on any atom is -0.486 e. The van der Waals surface area contributed by atoms with Crippen molar-refractivity contribution in [1.29, 1.82) is 0 Å². The van der Waals surface area contributed by atoms with E-state index in [1.807, 2.05) is 12.1 Å². The fraction of sp³-hybridized carbons (Fsp3) is 0.267. The molecule has 0 saturated carbocycles. The number of nitrogens with zero attached hydrogens (tertiary/aromatic N) is 1. The first-order valence-corrected chi connectivity index (χ1v) is 6.58. The van der Waals surface area contributed by atoms with Crippen LogP contribution in [0.4, 0.5) is 0 Å². The van der Waals surface area contributed by atoms with Crippen LogP contribution in [-0.2, 0) is 6.61 Å². The molecule has 1 aromatic carbocycles. The van der Waals surface area contributed by atoms with Crippen molar-refractivity contribution in [3.8, 4) is 11.6 Å². The van der Waals surface area contributed by atoms with E-state index < -0.39 is 6.10 Å². The molecule has 4 nitrogen and oxygen atoms in total. The molecule has 0 amide bonds. The first kappa shape index (κ1) is 14.6. The van der Waals surface area contributed by atoms with Gasteiger partial charge in [-0.3, -0.25) is 0 Å². The summed E-state index contributed by atoms with van der Waals surface area (Å²) in [6.45, 7) is 1.98. The molecule has 2 aromatic rings. The molecule has 5 heteroatoms. The van der Waals surface area contributed by atoms with Gasteiger partial charge in [-0.1, -0.05) is 23.7 Å². The second-order valence-corrected chi connectivity index (χ2v) is 4.73. The Morgan fingerprint density at radius 2 is 2.10 bits per heavy atom. The number of rotatable bonds is 5. The summed E-state index contributed by atoms with van der Waals surface area (Å²) in [5.41, 5.74) is 1.50. The number of methoxy groups -OCH3 is 1. The third kappa shape index (κ3) is 3.62. The lowest BCUT2D eigenvalue weighted by atomic mass is 10.1. The molecule has 2 rings (SSSR count). The van der Waals surface area contributed by atoms with Crippen LogP contribution < -0.4 is 9.47 Å². The first-order chi connectivity index (χ1) is 9.60. The highest BCUT2D eigenvalue weighted by molar-refractivity contribution is 6.32. The van der Waals surface area contributed by atoms with Crippen LogP contribution in [0.5, 0.6) is 11.6 Å². The van der Waals surface area contributed by atoms with Gasteiger partial charge in [0.25, 0.3) is 0 Å². The molecule has 1 atom stereocenters. The quantitative estimate of drug-likeness (QED) is 0.918. The van der Waals surface area contributed by atoms with Crippen LogP contribution in [0.3, 0.4) is 0 Å². The van der Waals surface area contributed by atoms with Crippen molar-refractivity contribution < 1.29 is 14.6 Å². The fourth-order valence-corrected chi connectivity index (χ4v) is 1.94. The van der Waals surface area contributed by atoms with Crippen LogP contribution in [0, 0.1) is 0 Å². The SMILES string of the molecule is COc1cccc(COc2ccc([C@@H](C)O)cc2Cl)n1. The summed E-state index contributed by atoms with van der Waals surface area (Å²) < 4.78 is 10.7. The average molecular weight is 294 g/mol. The largest absolute Gasteiger partial charge is 0.486 e. The van der Waals surface area contributed by atoms with Gasteiger partial charge >= 0.3 is 0 Å². The van der Waals surface area contributed by atoms with Gasteiger partial charge < -0.3 is 14.6 Å². The average Bonchev–Trinajstić information content (AvgIpc) is 2.46. The highest BCUT2D eigenvalue weighted by atomic mass is 35.5. The minimum atomic E-state index is -0.554. The molecule has 1 heterocycles. The number of aliphatic hydroxyl groups excluding tert-OH is 1. The highest BCUT2D eigenvalue weighted by Gasteiger charge is 2.07. The number of halogens is 1. The van der Waals surface area contributed by atoms with Crippen molar-refractivity contribution in [2.75, 3.05) is 7.11 Å². The van der Waals surface area contributed by atoms with E-state index in [9.17, 15) is 5.11 Å². The van der Waals surface area contributed by atoms with E-state index in [4.69, 9.17) is 21.1 Å². The van der Waals surface area contributed by atoms with Crippen LogP contribution in [0.15, 0.2) is 36.4 Å². The number of aliphatic hydroxyl groups is 1. The molecule has 0 radical (unpaired) electrons. The van der Waals surface area contributed by atoms with Crippen molar-refractivity contribution in [2.45, 2.75) is 19.6 Å². The second kappa shape index (κ2) is 6.59. The summed E-state index contributed by atoms with van der Waals surface area (Å²) in [4.78, 5) is 4.25. The Hall–Kier alpha value is -1.78. The highest BCUT2D eigenvalue weighted by Crippen LogP contribution is 2.28. The van der Waals surface area contributed by atoms with Gasteiger partial charge in [0.1, 0.15) is 12.4 Å². The van der Waals surface area contributed by atoms with Crippen LogP contribution in [0.1, 0.15) is 24.3 Å². The van der Waals surface area contributed by atoms with Crippen LogP contribution in [0.25, 0.3) is 0 Å². The van der Waals surface area contributed by atoms with Gasteiger partial charge in [0.15, 0.2) is 0 Å². The van der Waals surface area contributed by atoms with Gasteiger partial charge in [-0.05, 0) is 30.7 Å². The maximum atomic E-state index is 9.48. The van der Waals surface area contributed by atoms with Gasteiger partial charge in [-0.2, -0.15) is 0 Å². The smallest absolute Gasteiger partial charge is 0.213 e. The number of ether oxygens (including phenoxy) is 2. The summed E-state index contributed by atoms with van der Waals surface area (Å²) in [7, 11) is 1.57. The number of hydrogen-bond acceptors (Lipinski definition) is 4. The monoisotopic (exact) mass is 293 g/mol. The second-order valence-electron chi connectivity index (χ2n) is 4.33. The molecule has 0 bridgehead atoms. The zero-order chi connectivity index (χ0) is 14.5.